The molecule has 0 N–H and O–H groups in total. The van der Waals surface area contributed by atoms with Crippen LogP contribution in [-0.4, -0.2) is 22.7 Å². The molecule has 0 amide bonds. The van der Waals surface area contributed by atoms with Crippen LogP contribution < -0.4 is 0 Å². The number of nitrogens with zero attached hydrogens (tertiary/aromatic N) is 2. The van der Waals surface area contributed by atoms with Gasteiger partial charge in [0.25, 0.3) is 0 Å². The molecular formula is C20H21BrN2O2. The van der Waals surface area contributed by atoms with E-state index in [0.29, 0.717) is 5.56 Å². The molecule has 0 bridgehead atoms. The van der Waals surface area contributed by atoms with E-state index in [4.69, 9.17) is 9.84 Å². The number of unbranched alkanes of at least 4 members (excludes halogenated alkanes) is 1. The Labute approximate surface area is 155 Å². The molecule has 1 aromatic carbocycles. The predicted octanol–water partition coefficient (Wildman–Crippen LogP) is 4.82. The summed E-state index contributed by atoms with van der Waals surface area (Å²) in [6, 6.07) is 12.1. The maximum Gasteiger partial charge on any atom is 0.339 e. The van der Waals surface area contributed by atoms with Crippen LogP contribution in [0.2, 0.25) is 0 Å². The van der Waals surface area contributed by atoms with Gasteiger partial charge in [-0.3, -0.25) is 0 Å². The number of carbonyl (C=O) groups excluding carboxylic acids is 1. The number of rotatable bonds is 6. The quantitative estimate of drug-likeness (QED) is 0.557. The average Bonchev–Trinajstić information content (AvgIpc) is 2.97. The third-order valence-electron chi connectivity index (χ3n) is 4.30. The fourth-order valence-corrected chi connectivity index (χ4v) is 3.20. The number of hydrogen-bond acceptors (Lipinski definition) is 3. The van der Waals surface area contributed by atoms with Gasteiger partial charge >= 0.3 is 5.97 Å². The minimum atomic E-state index is -0.345. The fourth-order valence-electron chi connectivity index (χ4n) is 2.93. The minimum absolute atomic E-state index is 0.345. The number of benzene rings is 1. The van der Waals surface area contributed by atoms with Crippen molar-refractivity contribution in [3.8, 4) is 0 Å². The second-order valence-corrected chi connectivity index (χ2v) is 6.99. The summed E-state index contributed by atoms with van der Waals surface area (Å²) in [6.45, 7) is 2.18. The Hall–Kier alpha value is -2.14. The van der Waals surface area contributed by atoms with Gasteiger partial charge < -0.3 is 4.74 Å². The van der Waals surface area contributed by atoms with Gasteiger partial charge in [-0.1, -0.05) is 41.4 Å². The van der Waals surface area contributed by atoms with E-state index in [-0.39, 0.29) is 5.97 Å². The monoisotopic (exact) mass is 400 g/mol. The normalized spacial score (nSPS) is 11.0. The van der Waals surface area contributed by atoms with Crippen LogP contribution in [-0.2, 0) is 17.6 Å². The van der Waals surface area contributed by atoms with Gasteiger partial charge in [-0.2, -0.15) is 5.10 Å². The number of methoxy groups -OCH3 is 1. The molecule has 0 fully saturated rings. The Bertz CT molecular complexity index is 885. The molecule has 0 unspecified atom stereocenters. The molecular weight excluding hydrogens is 380 g/mol. The Morgan fingerprint density at radius 3 is 2.64 bits per heavy atom. The number of hydrogen-bond donors (Lipinski definition) is 0. The first-order chi connectivity index (χ1) is 12.1. The second kappa shape index (κ2) is 7.83. The predicted molar refractivity (Wildman–Crippen MR) is 102 cm³/mol. The maximum atomic E-state index is 11.8. The summed E-state index contributed by atoms with van der Waals surface area (Å²) < 4.78 is 7.69. The fraction of sp³-hybridized carbons (Fsp3) is 0.300. The molecule has 0 atom stereocenters. The summed E-state index contributed by atoms with van der Waals surface area (Å²) in [5.74, 6) is -0.345. The van der Waals surface area contributed by atoms with Gasteiger partial charge in [0.05, 0.1) is 23.9 Å². The van der Waals surface area contributed by atoms with Crippen molar-refractivity contribution < 1.29 is 9.53 Å². The van der Waals surface area contributed by atoms with E-state index in [9.17, 15) is 4.79 Å². The minimum Gasteiger partial charge on any atom is -0.465 e. The Kier molecular flexibility index (Phi) is 5.53. The third-order valence-corrected chi connectivity index (χ3v) is 4.83. The van der Waals surface area contributed by atoms with Crippen LogP contribution in [0.25, 0.3) is 5.52 Å². The molecule has 0 radical (unpaired) electrons. The molecule has 3 aromatic rings. The summed E-state index contributed by atoms with van der Waals surface area (Å²) in [4.78, 5) is 11.8. The molecule has 2 aromatic heterocycles. The van der Waals surface area contributed by atoms with Gasteiger partial charge in [-0.15, -0.1) is 0 Å². The van der Waals surface area contributed by atoms with E-state index in [1.165, 1.54) is 18.2 Å². The van der Waals surface area contributed by atoms with E-state index in [0.717, 1.165) is 41.4 Å². The number of ether oxygens (including phenoxy) is 1. The first-order valence-corrected chi connectivity index (χ1v) is 9.24. The van der Waals surface area contributed by atoms with Crippen LogP contribution in [0.1, 0.15) is 46.9 Å². The van der Waals surface area contributed by atoms with Crippen molar-refractivity contribution in [3.05, 3.63) is 69.5 Å². The lowest BCUT2D eigenvalue weighted by Gasteiger charge is -2.04. The first kappa shape index (κ1) is 17.7. The van der Waals surface area contributed by atoms with Crippen LogP contribution >= 0.6 is 15.9 Å². The van der Waals surface area contributed by atoms with Gasteiger partial charge in [0.2, 0.25) is 0 Å². The van der Waals surface area contributed by atoms with Gasteiger partial charge in [0.15, 0.2) is 0 Å². The Morgan fingerprint density at radius 2 is 1.96 bits per heavy atom. The highest BCUT2D eigenvalue weighted by molar-refractivity contribution is 9.10. The van der Waals surface area contributed by atoms with Crippen molar-refractivity contribution in [2.24, 2.45) is 0 Å². The maximum absolute atomic E-state index is 11.8. The third kappa shape index (κ3) is 3.93. The highest BCUT2D eigenvalue weighted by Crippen LogP contribution is 2.23. The molecule has 4 nitrogen and oxygen atoms in total. The number of halogens is 1. The van der Waals surface area contributed by atoms with Crippen molar-refractivity contribution in [1.82, 2.24) is 9.61 Å². The lowest BCUT2D eigenvalue weighted by molar-refractivity contribution is 0.0600. The molecule has 130 valence electrons. The lowest BCUT2D eigenvalue weighted by Crippen LogP contribution is -2.03. The van der Waals surface area contributed by atoms with E-state index >= 15 is 0 Å². The van der Waals surface area contributed by atoms with Gasteiger partial charge in [-0.05, 0) is 42.7 Å². The standard InChI is InChI=1S/C20H21BrN2O2/c1-3-4-5-18-17(12-14-6-9-16(21)10-7-14)19-11-8-15(20(24)25-2)13-23(19)22-18/h6-11,13H,3-5,12H2,1-2H3. The molecule has 3 rings (SSSR count). The second-order valence-electron chi connectivity index (χ2n) is 6.07. The van der Waals surface area contributed by atoms with E-state index in [1.807, 2.05) is 10.6 Å². The highest BCUT2D eigenvalue weighted by Gasteiger charge is 2.15. The summed E-state index contributed by atoms with van der Waals surface area (Å²) in [5.41, 5.74) is 5.13. The largest absolute Gasteiger partial charge is 0.465 e. The zero-order chi connectivity index (χ0) is 17.8. The van der Waals surface area contributed by atoms with Crippen molar-refractivity contribution in [2.45, 2.75) is 32.6 Å². The number of carbonyl (C=O) groups is 1. The molecule has 0 saturated heterocycles. The number of esters is 1. The number of pyridine rings is 1. The van der Waals surface area contributed by atoms with E-state index in [2.05, 4.69) is 47.1 Å². The van der Waals surface area contributed by atoms with Crippen LogP contribution in [0.4, 0.5) is 0 Å². The van der Waals surface area contributed by atoms with Gasteiger partial charge in [-0.25, -0.2) is 9.31 Å². The summed E-state index contributed by atoms with van der Waals surface area (Å²) in [7, 11) is 1.39. The van der Waals surface area contributed by atoms with Crippen LogP contribution in [0.3, 0.4) is 0 Å². The van der Waals surface area contributed by atoms with Crippen LogP contribution in [0, 0.1) is 0 Å². The summed E-state index contributed by atoms with van der Waals surface area (Å²) in [6.07, 6.45) is 5.74. The highest BCUT2D eigenvalue weighted by atomic mass is 79.9. The molecule has 25 heavy (non-hydrogen) atoms. The Morgan fingerprint density at radius 1 is 1.20 bits per heavy atom. The summed E-state index contributed by atoms with van der Waals surface area (Å²) in [5, 5.41) is 4.74. The smallest absolute Gasteiger partial charge is 0.339 e. The number of aromatic nitrogens is 2. The first-order valence-electron chi connectivity index (χ1n) is 8.45. The molecule has 0 spiro atoms. The Balaban J connectivity index is 2.03. The molecule has 0 aliphatic rings. The van der Waals surface area contributed by atoms with Gasteiger partial charge in [0, 0.05) is 22.7 Å². The lowest BCUT2D eigenvalue weighted by atomic mass is 10.0. The molecule has 0 saturated carbocycles. The van der Waals surface area contributed by atoms with Crippen LogP contribution in [0.15, 0.2) is 47.1 Å². The van der Waals surface area contributed by atoms with Crippen molar-refractivity contribution >= 4 is 27.4 Å². The molecule has 5 heteroatoms. The topological polar surface area (TPSA) is 43.6 Å². The van der Waals surface area contributed by atoms with Crippen molar-refractivity contribution in [3.63, 3.8) is 0 Å². The molecule has 0 aliphatic heterocycles. The molecule has 2 heterocycles. The average molecular weight is 401 g/mol. The van der Waals surface area contributed by atoms with E-state index in [1.54, 1.807) is 12.3 Å². The van der Waals surface area contributed by atoms with Crippen molar-refractivity contribution in [2.75, 3.05) is 7.11 Å². The number of aryl methyl sites for hydroxylation is 1. The number of fused-ring (bicyclic) bond motifs is 1. The zero-order valence-electron chi connectivity index (χ0n) is 14.5. The van der Waals surface area contributed by atoms with E-state index < -0.39 is 0 Å². The molecule has 0 aliphatic carbocycles. The van der Waals surface area contributed by atoms with Crippen molar-refractivity contribution in [1.29, 1.82) is 0 Å². The SMILES string of the molecule is CCCCc1nn2cc(C(=O)OC)ccc2c1Cc1ccc(Br)cc1. The van der Waals surface area contributed by atoms with Crippen LogP contribution in [0.5, 0.6) is 0 Å². The summed E-state index contributed by atoms with van der Waals surface area (Å²) >= 11 is 3.48. The van der Waals surface area contributed by atoms with Gasteiger partial charge in [0.1, 0.15) is 0 Å². The zero-order valence-corrected chi connectivity index (χ0v) is 16.0.